The summed E-state index contributed by atoms with van der Waals surface area (Å²) in [5.74, 6) is 0.569. The van der Waals surface area contributed by atoms with Gasteiger partial charge in [-0.3, -0.25) is 4.79 Å². The van der Waals surface area contributed by atoms with Crippen molar-refractivity contribution in [2.24, 2.45) is 5.14 Å². The van der Waals surface area contributed by atoms with Gasteiger partial charge in [0.05, 0.1) is 16.0 Å². The fourth-order valence-corrected chi connectivity index (χ4v) is 3.21. The van der Waals surface area contributed by atoms with E-state index in [1.807, 2.05) is 25.1 Å². The van der Waals surface area contributed by atoms with Gasteiger partial charge in [-0.1, -0.05) is 6.07 Å². The molecule has 0 unspecified atom stereocenters. The molecular weight excluding hydrogens is 408 g/mol. The molecule has 2 rings (SSSR count). The Hall–Kier alpha value is -1.90. The summed E-state index contributed by atoms with van der Waals surface area (Å²) in [4.78, 5) is 11.9. The summed E-state index contributed by atoms with van der Waals surface area (Å²) in [6.45, 7) is 2.41. The minimum Gasteiger partial charge on any atom is -0.492 e. The predicted molar refractivity (Wildman–Crippen MR) is 100 cm³/mol. The van der Waals surface area contributed by atoms with Gasteiger partial charge in [-0.2, -0.15) is 0 Å². The number of hydrogen-bond acceptors (Lipinski definition) is 4. The largest absolute Gasteiger partial charge is 0.492 e. The topological polar surface area (TPSA) is 98.5 Å². The summed E-state index contributed by atoms with van der Waals surface area (Å²) in [6.07, 6.45) is 0.849. The van der Waals surface area contributed by atoms with E-state index < -0.39 is 10.0 Å². The standard InChI is InChI=1S/C17H19BrN2O4S/c1-12-4-9-16(15(18)11-12)24-10-2-3-17(21)20-13-5-7-14(8-6-13)25(19,22)23/h4-9,11H,2-3,10H2,1H3,(H,20,21)(H2,19,22,23). The van der Waals surface area contributed by atoms with Gasteiger partial charge in [-0.25, -0.2) is 13.6 Å². The first kappa shape index (κ1) is 19.4. The minimum atomic E-state index is -3.73. The highest BCUT2D eigenvalue weighted by atomic mass is 79.9. The minimum absolute atomic E-state index is 0.00238. The van der Waals surface area contributed by atoms with Crippen LogP contribution in [0.2, 0.25) is 0 Å². The second-order valence-corrected chi connectivity index (χ2v) is 7.92. The number of benzene rings is 2. The van der Waals surface area contributed by atoms with Crippen molar-refractivity contribution in [3.63, 3.8) is 0 Å². The van der Waals surface area contributed by atoms with Crippen LogP contribution in [-0.4, -0.2) is 20.9 Å². The molecule has 0 radical (unpaired) electrons. The zero-order valence-corrected chi connectivity index (χ0v) is 16.1. The molecular formula is C17H19BrN2O4S. The summed E-state index contributed by atoms with van der Waals surface area (Å²) >= 11 is 3.44. The lowest BCUT2D eigenvalue weighted by Crippen LogP contribution is -2.14. The Balaban J connectivity index is 1.77. The molecule has 25 heavy (non-hydrogen) atoms. The summed E-state index contributed by atoms with van der Waals surface area (Å²) in [7, 11) is -3.73. The number of halogens is 1. The average Bonchev–Trinajstić information content (AvgIpc) is 2.53. The van der Waals surface area contributed by atoms with Crippen LogP contribution in [0.5, 0.6) is 5.75 Å². The Morgan fingerprint density at radius 2 is 1.88 bits per heavy atom. The number of primary sulfonamides is 1. The summed E-state index contributed by atoms with van der Waals surface area (Å²) in [6, 6.07) is 11.5. The first-order valence-corrected chi connectivity index (χ1v) is 9.91. The molecule has 0 aliphatic carbocycles. The van der Waals surface area contributed by atoms with E-state index in [1.54, 1.807) is 0 Å². The van der Waals surface area contributed by atoms with E-state index in [0.29, 0.717) is 25.1 Å². The summed E-state index contributed by atoms with van der Waals surface area (Å²) in [5.41, 5.74) is 1.65. The molecule has 134 valence electrons. The zero-order valence-electron chi connectivity index (χ0n) is 13.7. The van der Waals surface area contributed by atoms with Gasteiger partial charge in [0, 0.05) is 12.1 Å². The molecule has 0 aromatic heterocycles. The van der Waals surface area contributed by atoms with Gasteiger partial charge < -0.3 is 10.1 Å². The molecule has 1 amide bonds. The van der Waals surface area contributed by atoms with Crippen molar-refractivity contribution in [3.8, 4) is 5.75 Å². The molecule has 0 aliphatic rings. The maximum Gasteiger partial charge on any atom is 0.238 e. The average molecular weight is 427 g/mol. The molecule has 0 saturated carbocycles. The van der Waals surface area contributed by atoms with Gasteiger partial charge in [0.2, 0.25) is 15.9 Å². The zero-order chi connectivity index (χ0) is 18.4. The molecule has 0 atom stereocenters. The van der Waals surface area contributed by atoms with Crippen LogP contribution in [0.1, 0.15) is 18.4 Å². The Kier molecular flexibility index (Phi) is 6.57. The van der Waals surface area contributed by atoms with Crippen LogP contribution in [0.15, 0.2) is 51.8 Å². The summed E-state index contributed by atoms with van der Waals surface area (Å²) in [5, 5.41) is 7.72. The molecule has 3 N–H and O–H groups in total. The molecule has 0 spiro atoms. The van der Waals surface area contributed by atoms with Crippen LogP contribution >= 0.6 is 15.9 Å². The lowest BCUT2D eigenvalue weighted by molar-refractivity contribution is -0.116. The lowest BCUT2D eigenvalue weighted by Gasteiger charge is -2.09. The number of amides is 1. The summed E-state index contributed by atoms with van der Waals surface area (Å²) < 4.78 is 28.9. The number of nitrogens with two attached hydrogens (primary N) is 1. The molecule has 8 heteroatoms. The Bertz CT molecular complexity index is 851. The maximum absolute atomic E-state index is 11.9. The smallest absolute Gasteiger partial charge is 0.238 e. The third kappa shape index (κ3) is 6.15. The van der Waals surface area contributed by atoms with E-state index in [1.165, 1.54) is 24.3 Å². The number of carbonyl (C=O) groups is 1. The second-order valence-electron chi connectivity index (χ2n) is 5.50. The van der Waals surface area contributed by atoms with Crippen LogP contribution in [-0.2, 0) is 14.8 Å². The molecule has 2 aromatic carbocycles. The van der Waals surface area contributed by atoms with Gasteiger partial charge >= 0.3 is 0 Å². The van der Waals surface area contributed by atoms with Crippen molar-refractivity contribution in [2.75, 3.05) is 11.9 Å². The number of hydrogen-bond donors (Lipinski definition) is 2. The SMILES string of the molecule is Cc1ccc(OCCCC(=O)Nc2ccc(S(N)(=O)=O)cc2)c(Br)c1. The number of ether oxygens (including phenoxy) is 1. The Labute approximate surface area is 155 Å². The van der Waals surface area contributed by atoms with Crippen molar-refractivity contribution in [3.05, 3.63) is 52.5 Å². The van der Waals surface area contributed by atoms with Crippen molar-refractivity contribution < 1.29 is 17.9 Å². The van der Waals surface area contributed by atoms with E-state index in [4.69, 9.17) is 9.88 Å². The van der Waals surface area contributed by atoms with Crippen LogP contribution in [0, 0.1) is 6.92 Å². The number of anilines is 1. The fourth-order valence-electron chi connectivity index (χ4n) is 2.09. The molecule has 2 aromatic rings. The highest BCUT2D eigenvalue weighted by molar-refractivity contribution is 9.10. The number of sulfonamides is 1. The van der Waals surface area contributed by atoms with E-state index in [2.05, 4.69) is 21.2 Å². The first-order valence-electron chi connectivity index (χ1n) is 7.57. The highest BCUT2D eigenvalue weighted by Gasteiger charge is 2.08. The van der Waals surface area contributed by atoms with Crippen molar-refractivity contribution in [2.45, 2.75) is 24.7 Å². The van der Waals surface area contributed by atoms with Gasteiger partial charge in [-0.15, -0.1) is 0 Å². The number of rotatable bonds is 7. The van der Waals surface area contributed by atoms with Gasteiger partial charge in [0.25, 0.3) is 0 Å². The highest BCUT2D eigenvalue weighted by Crippen LogP contribution is 2.25. The van der Waals surface area contributed by atoms with E-state index >= 15 is 0 Å². The van der Waals surface area contributed by atoms with Crippen molar-refractivity contribution in [1.29, 1.82) is 0 Å². The Morgan fingerprint density at radius 1 is 1.20 bits per heavy atom. The van der Waals surface area contributed by atoms with Crippen LogP contribution in [0.3, 0.4) is 0 Å². The number of nitrogens with one attached hydrogen (secondary N) is 1. The predicted octanol–water partition coefficient (Wildman–Crippen LogP) is 3.20. The second kappa shape index (κ2) is 8.46. The fraction of sp³-hybridized carbons (Fsp3) is 0.235. The van der Waals surface area contributed by atoms with Crippen LogP contribution < -0.4 is 15.2 Å². The molecule has 0 heterocycles. The number of carbonyl (C=O) groups excluding carboxylic acids is 1. The van der Waals surface area contributed by atoms with Gasteiger partial charge in [-0.05, 0) is 71.2 Å². The molecule has 0 saturated heterocycles. The molecule has 0 fully saturated rings. The van der Waals surface area contributed by atoms with E-state index in [9.17, 15) is 13.2 Å². The third-order valence-electron chi connectivity index (χ3n) is 3.36. The Morgan fingerprint density at radius 3 is 2.48 bits per heavy atom. The van der Waals surface area contributed by atoms with Crippen LogP contribution in [0.25, 0.3) is 0 Å². The van der Waals surface area contributed by atoms with Crippen molar-refractivity contribution >= 4 is 37.5 Å². The van der Waals surface area contributed by atoms with Crippen LogP contribution in [0.4, 0.5) is 5.69 Å². The molecule has 0 aliphatic heterocycles. The van der Waals surface area contributed by atoms with E-state index in [-0.39, 0.29) is 10.8 Å². The van der Waals surface area contributed by atoms with E-state index in [0.717, 1.165) is 15.8 Å². The molecule has 6 nitrogen and oxygen atoms in total. The third-order valence-corrected chi connectivity index (χ3v) is 4.91. The lowest BCUT2D eigenvalue weighted by atomic mass is 10.2. The monoisotopic (exact) mass is 426 g/mol. The first-order chi connectivity index (χ1) is 11.8. The van der Waals surface area contributed by atoms with Crippen molar-refractivity contribution in [1.82, 2.24) is 0 Å². The molecule has 0 bridgehead atoms. The number of aryl methyl sites for hydroxylation is 1. The van der Waals surface area contributed by atoms with Gasteiger partial charge in [0.15, 0.2) is 0 Å². The van der Waals surface area contributed by atoms with Gasteiger partial charge in [0.1, 0.15) is 5.75 Å². The normalized spacial score (nSPS) is 11.2. The quantitative estimate of drug-likeness (QED) is 0.663. The maximum atomic E-state index is 11.9.